The lowest BCUT2D eigenvalue weighted by Gasteiger charge is -2.05. The quantitative estimate of drug-likeness (QED) is 0.929. The lowest BCUT2D eigenvalue weighted by Crippen LogP contribution is -2.08. The van der Waals surface area contributed by atoms with Crippen molar-refractivity contribution in [3.05, 3.63) is 22.3 Å². The first-order valence-corrected chi connectivity index (χ1v) is 6.18. The Morgan fingerprint density at radius 1 is 1.29 bits per heavy atom. The number of nitrogen functional groups attached to an aromatic ring is 1. The Labute approximate surface area is 107 Å². The van der Waals surface area contributed by atoms with Gasteiger partial charge in [0.1, 0.15) is 5.82 Å². The molecule has 0 bridgehead atoms. The maximum atomic E-state index is 5.59. The first-order chi connectivity index (χ1) is 8.15. The number of hydrogen-bond acceptors (Lipinski definition) is 5. The molecule has 17 heavy (non-hydrogen) atoms. The Hall–Kier alpha value is -1.50. The van der Waals surface area contributed by atoms with Gasteiger partial charge < -0.3 is 5.73 Å². The molecule has 7 heteroatoms. The summed E-state index contributed by atoms with van der Waals surface area (Å²) in [6.45, 7) is 4.04. The lowest BCUT2D eigenvalue weighted by atomic mass is 10.4. The molecular formula is C10H13BrN6. The van der Waals surface area contributed by atoms with Crippen molar-refractivity contribution < 1.29 is 0 Å². The molecule has 0 saturated heterocycles. The van der Waals surface area contributed by atoms with E-state index < -0.39 is 0 Å². The maximum Gasteiger partial charge on any atom is 0.222 e. The minimum Gasteiger partial charge on any atom is -0.368 e. The van der Waals surface area contributed by atoms with E-state index in [2.05, 4.69) is 36.0 Å². The molecule has 2 N–H and O–H groups in total. The summed E-state index contributed by atoms with van der Waals surface area (Å²) < 4.78 is 2.45. The standard InChI is InChI=1S/C10H13BrN6/c1-3-7-14-8(4-2)17(16-7)9-6(11)5-13-10(12)15-9/h5H,3-4H2,1-2H3,(H2,12,13,15). The first kappa shape index (κ1) is 12.0. The second kappa shape index (κ2) is 4.79. The third kappa shape index (κ3) is 2.28. The molecule has 6 nitrogen and oxygen atoms in total. The molecule has 2 heterocycles. The zero-order valence-corrected chi connectivity index (χ0v) is 11.3. The van der Waals surface area contributed by atoms with Crippen molar-refractivity contribution in [1.82, 2.24) is 24.7 Å². The minimum atomic E-state index is 0.221. The van der Waals surface area contributed by atoms with Crippen LogP contribution >= 0.6 is 15.9 Å². The highest BCUT2D eigenvalue weighted by atomic mass is 79.9. The molecule has 2 rings (SSSR count). The van der Waals surface area contributed by atoms with Crippen molar-refractivity contribution in [3.8, 4) is 5.82 Å². The van der Waals surface area contributed by atoms with Crippen LogP contribution in [0.25, 0.3) is 5.82 Å². The molecule has 2 aromatic heterocycles. The van der Waals surface area contributed by atoms with Crippen LogP contribution in [0.3, 0.4) is 0 Å². The fourth-order valence-electron chi connectivity index (χ4n) is 1.46. The first-order valence-electron chi connectivity index (χ1n) is 5.38. The number of rotatable bonds is 3. The molecule has 0 aliphatic carbocycles. The molecule has 0 atom stereocenters. The third-order valence-electron chi connectivity index (χ3n) is 2.30. The van der Waals surface area contributed by atoms with Crippen LogP contribution in [0, 0.1) is 0 Å². The van der Waals surface area contributed by atoms with Gasteiger partial charge in [0.2, 0.25) is 5.95 Å². The van der Waals surface area contributed by atoms with Crippen molar-refractivity contribution in [1.29, 1.82) is 0 Å². The van der Waals surface area contributed by atoms with Crippen molar-refractivity contribution in [2.24, 2.45) is 0 Å². The van der Waals surface area contributed by atoms with E-state index in [4.69, 9.17) is 5.73 Å². The van der Waals surface area contributed by atoms with Gasteiger partial charge in [0.25, 0.3) is 0 Å². The monoisotopic (exact) mass is 296 g/mol. The molecule has 0 aliphatic rings. The average molecular weight is 297 g/mol. The van der Waals surface area contributed by atoms with Gasteiger partial charge in [0.05, 0.1) is 4.47 Å². The molecular weight excluding hydrogens is 284 g/mol. The van der Waals surface area contributed by atoms with Gasteiger partial charge in [-0.3, -0.25) is 0 Å². The number of aryl methyl sites for hydroxylation is 2. The second-order valence-corrected chi connectivity index (χ2v) is 4.32. The van der Waals surface area contributed by atoms with Gasteiger partial charge in [-0.15, -0.1) is 5.10 Å². The van der Waals surface area contributed by atoms with Gasteiger partial charge in [-0.25, -0.2) is 9.97 Å². The van der Waals surface area contributed by atoms with Gasteiger partial charge in [0.15, 0.2) is 11.6 Å². The van der Waals surface area contributed by atoms with Gasteiger partial charge in [-0.2, -0.15) is 9.67 Å². The summed E-state index contributed by atoms with van der Waals surface area (Å²) in [6, 6.07) is 0. The summed E-state index contributed by atoms with van der Waals surface area (Å²) in [7, 11) is 0. The van der Waals surface area contributed by atoms with Crippen LogP contribution < -0.4 is 5.73 Å². The van der Waals surface area contributed by atoms with Crippen LogP contribution in [0.4, 0.5) is 5.95 Å². The third-order valence-corrected chi connectivity index (χ3v) is 2.85. The maximum absolute atomic E-state index is 5.59. The summed E-state index contributed by atoms with van der Waals surface area (Å²) in [5, 5.41) is 4.40. The Morgan fingerprint density at radius 3 is 2.71 bits per heavy atom. The van der Waals surface area contributed by atoms with Gasteiger partial charge in [-0.1, -0.05) is 13.8 Å². The number of halogens is 1. The van der Waals surface area contributed by atoms with Crippen LogP contribution in [0.2, 0.25) is 0 Å². The van der Waals surface area contributed by atoms with E-state index in [1.165, 1.54) is 0 Å². The molecule has 2 aromatic rings. The van der Waals surface area contributed by atoms with E-state index in [9.17, 15) is 0 Å². The number of anilines is 1. The lowest BCUT2D eigenvalue weighted by molar-refractivity contribution is 0.763. The smallest absolute Gasteiger partial charge is 0.222 e. The summed E-state index contributed by atoms with van der Waals surface area (Å²) >= 11 is 3.39. The van der Waals surface area contributed by atoms with Crippen LogP contribution in [0.5, 0.6) is 0 Å². The number of nitrogens with two attached hydrogens (primary N) is 1. The number of aromatic nitrogens is 5. The van der Waals surface area contributed by atoms with Crippen molar-refractivity contribution in [2.45, 2.75) is 26.7 Å². The zero-order valence-electron chi connectivity index (χ0n) is 9.68. The van der Waals surface area contributed by atoms with Crippen molar-refractivity contribution in [3.63, 3.8) is 0 Å². The highest BCUT2D eigenvalue weighted by Gasteiger charge is 2.13. The zero-order chi connectivity index (χ0) is 12.4. The second-order valence-electron chi connectivity index (χ2n) is 3.46. The molecule has 0 saturated carbocycles. The average Bonchev–Trinajstić information content (AvgIpc) is 2.75. The molecule has 90 valence electrons. The van der Waals surface area contributed by atoms with Crippen LogP contribution in [-0.4, -0.2) is 24.7 Å². The highest BCUT2D eigenvalue weighted by Crippen LogP contribution is 2.19. The fraction of sp³-hybridized carbons (Fsp3) is 0.400. The van der Waals surface area contributed by atoms with E-state index in [0.29, 0.717) is 5.82 Å². The summed E-state index contributed by atoms with van der Waals surface area (Å²) in [5.74, 6) is 2.51. The van der Waals surface area contributed by atoms with Crippen molar-refractivity contribution >= 4 is 21.9 Å². The predicted octanol–water partition coefficient (Wildman–Crippen LogP) is 1.53. The summed E-state index contributed by atoms with van der Waals surface area (Å²) in [5.41, 5.74) is 5.59. The van der Waals surface area contributed by atoms with Gasteiger partial charge >= 0.3 is 0 Å². The topological polar surface area (TPSA) is 82.5 Å². The minimum absolute atomic E-state index is 0.221. The van der Waals surface area contributed by atoms with E-state index in [1.54, 1.807) is 10.9 Å². The summed E-state index contributed by atoms with van der Waals surface area (Å²) in [4.78, 5) is 12.5. The Kier molecular flexibility index (Phi) is 3.37. The number of hydrogen-bond donors (Lipinski definition) is 1. The van der Waals surface area contributed by atoms with Crippen LogP contribution in [0.15, 0.2) is 10.7 Å². The Morgan fingerprint density at radius 2 is 2.06 bits per heavy atom. The highest BCUT2D eigenvalue weighted by molar-refractivity contribution is 9.10. The van der Waals surface area contributed by atoms with E-state index in [-0.39, 0.29) is 5.95 Å². The fourth-order valence-corrected chi connectivity index (χ4v) is 1.82. The molecule has 0 unspecified atom stereocenters. The molecule has 0 fully saturated rings. The molecule has 0 spiro atoms. The van der Waals surface area contributed by atoms with Crippen LogP contribution in [0.1, 0.15) is 25.5 Å². The molecule has 0 aliphatic heterocycles. The van der Waals surface area contributed by atoms with E-state index >= 15 is 0 Å². The van der Waals surface area contributed by atoms with E-state index in [0.717, 1.165) is 29.0 Å². The van der Waals surface area contributed by atoms with Gasteiger partial charge in [0, 0.05) is 19.0 Å². The largest absolute Gasteiger partial charge is 0.368 e. The predicted molar refractivity (Wildman–Crippen MR) is 67.8 cm³/mol. The molecule has 0 radical (unpaired) electrons. The number of nitrogens with zero attached hydrogens (tertiary/aromatic N) is 5. The SMILES string of the molecule is CCc1nc(CC)n(-c2nc(N)ncc2Br)n1. The van der Waals surface area contributed by atoms with Crippen molar-refractivity contribution in [2.75, 3.05) is 5.73 Å². The Bertz CT molecular complexity index is 536. The summed E-state index contributed by atoms with van der Waals surface area (Å²) in [6.07, 6.45) is 3.19. The van der Waals surface area contributed by atoms with Gasteiger partial charge in [-0.05, 0) is 15.9 Å². The van der Waals surface area contributed by atoms with Crippen LogP contribution in [-0.2, 0) is 12.8 Å². The molecule has 0 amide bonds. The Balaban J connectivity index is 2.58. The molecule has 0 aromatic carbocycles. The van der Waals surface area contributed by atoms with E-state index in [1.807, 2.05) is 13.8 Å². The normalized spacial score (nSPS) is 10.8.